The summed E-state index contributed by atoms with van der Waals surface area (Å²) in [7, 11) is 0. The molecule has 3 aliphatic rings. The molecule has 2 aromatic carbocycles. The SMILES string of the molecule is Fc1ccc(N2CCN(C3CCC4(CC3)OCc3c(F)cccc34)CC2)cc1. The van der Waals surface area contributed by atoms with Crippen molar-refractivity contribution in [1.82, 2.24) is 4.90 Å². The Balaban J connectivity index is 1.20. The maximum atomic E-state index is 14.1. The summed E-state index contributed by atoms with van der Waals surface area (Å²) in [6.07, 6.45) is 4.11. The Labute approximate surface area is 164 Å². The van der Waals surface area contributed by atoms with Crippen LogP contribution in [0.3, 0.4) is 0 Å². The molecular weight excluding hydrogens is 358 g/mol. The minimum atomic E-state index is -0.274. The molecule has 5 rings (SSSR count). The van der Waals surface area contributed by atoms with E-state index in [-0.39, 0.29) is 17.2 Å². The zero-order valence-corrected chi connectivity index (χ0v) is 16.0. The molecule has 28 heavy (non-hydrogen) atoms. The molecular formula is C23H26F2N2O. The predicted octanol–water partition coefficient (Wildman–Crippen LogP) is 4.46. The smallest absolute Gasteiger partial charge is 0.129 e. The lowest BCUT2D eigenvalue weighted by molar-refractivity contribution is -0.0778. The highest BCUT2D eigenvalue weighted by atomic mass is 19.1. The Morgan fingerprint density at radius 2 is 1.61 bits per heavy atom. The van der Waals surface area contributed by atoms with Gasteiger partial charge in [-0.25, -0.2) is 8.78 Å². The standard InChI is InChI=1S/C23H26F2N2O/c24-17-4-6-18(7-5-17)26-12-14-27(15-13-26)19-8-10-23(11-9-19)21-2-1-3-22(25)20(21)16-28-23/h1-7,19H,8-16H2. The Hall–Kier alpha value is -1.98. The predicted molar refractivity (Wildman–Crippen MR) is 105 cm³/mol. The van der Waals surface area contributed by atoms with Crippen LogP contribution in [0.5, 0.6) is 0 Å². The Morgan fingerprint density at radius 3 is 2.32 bits per heavy atom. The average Bonchev–Trinajstić information content (AvgIpc) is 3.09. The van der Waals surface area contributed by atoms with Gasteiger partial charge in [0.25, 0.3) is 0 Å². The van der Waals surface area contributed by atoms with Gasteiger partial charge in [-0.1, -0.05) is 12.1 Å². The number of hydrogen-bond acceptors (Lipinski definition) is 3. The van der Waals surface area contributed by atoms with Crippen molar-refractivity contribution in [2.45, 2.75) is 43.9 Å². The van der Waals surface area contributed by atoms with Crippen LogP contribution in [0.25, 0.3) is 0 Å². The highest BCUT2D eigenvalue weighted by Gasteiger charge is 2.44. The van der Waals surface area contributed by atoms with Crippen molar-refractivity contribution >= 4 is 5.69 Å². The van der Waals surface area contributed by atoms with Crippen LogP contribution in [0.2, 0.25) is 0 Å². The van der Waals surface area contributed by atoms with E-state index in [9.17, 15) is 8.78 Å². The van der Waals surface area contributed by atoms with Crippen LogP contribution in [0.4, 0.5) is 14.5 Å². The van der Waals surface area contributed by atoms with Gasteiger partial charge in [0.1, 0.15) is 11.6 Å². The number of nitrogens with zero attached hydrogens (tertiary/aromatic N) is 2. The quantitative estimate of drug-likeness (QED) is 0.761. The molecule has 0 N–H and O–H groups in total. The molecule has 5 heteroatoms. The summed E-state index contributed by atoms with van der Waals surface area (Å²) in [5.41, 5.74) is 2.66. The van der Waals surface area contributed by atoms with Crippen molar-refractivity contribution in [2.24, 2.45) is 0 Å². The van der Waals surface area contributed by atoms with Crippen LogP contribution in [-0.4, -0.2) is 37.1 Å². The third-order valence-electron chi connectivity index (χ3n) is 6.89. The van der Waals surface area contributed by atoms with Gasteiger partial charge >= 0.3 is 0 Å². The molecule has 0 amide bonds. The molecule has 1 aliphatic carbocycles. The van der Waals surface area contributed by atoms with Gasteiger partial charge in [-0.3, -0.25) is 4.90 Å². The lowest BCUT2D eigenvalue weighted by Gasteiger charge is -2.45. The van der Waals surface area contributed by atoms with E-state index in [4.69, 9.17) is 4.74 Å². The lowest BCUT2D eigenvalue weighted by atomic mass is 9.77. The van der Waals surface area contributed by atoms with Crippen LogP contribution in [0.15, 0.2) is 42.5 Å². The van der Waals surface area contributed by atoms with Crippen LogP contribution in [-0.2, 0) is 16.9 Å². The first-order chi connectivity index (χ1) is 13.6. The van der Waals surface area contributed by atoms with Gasteiger partial charge in [0, 0.05) is 43.5 Å². The largest absolute Gasteiger partial charge is 0.369 e. The van der Waals surface area contributed by atoms with E-state index >= 15 is 0 Å². The number of anilines is 1. The van der Waals surface area contributed by atoms with E-state index in [0.29, 0.717) is 12.6 Å². The van der Waals surface area contributed by atoms with Gasteiger partial charge in [0.15, 0.2) is 0 Å². The van der Waals surface area contributed by atoms with E-state index in [1.807, 2.05) is 24.3 Å². The monoisotopic (exact) mass is 384 g/mol. The summed E-state index contributed by atoms with van der Waals surface area (Å²) >= 11 is 0. The van der Waals surface area contributed by atoms with Crippen LogP contribution in [0, 0.1) is 11.6 Å². The van der Waals surface area contributed by atoms with Crippen molar-refractivity contribution in [2.75, 3.05) is 31.1 Å². The van der Waals surface area contributed by atoms with Crippen molar-refractivity contribution in [3.05, 3.63) is 65.2 Å². The summed E-state index contributed by atoms with van der Waals surface area (Å²) < 4.78 is 33.4. The molecule has 2 fully saturated rings. The molecule has 0 unspecified atom stereocenters. The van der Waals surface area contributed by atoms with Gasteiger partial charge in [0.05, 0.1) is 12.2 Å². The number of benzene rings is 2. The van der Waals surface area contributed by atoms with Gasteiger partial charge < -0.3 is 9.64 Å². The molecule has 1 saturated carbocycles. The van der Waals surface area contributed by atoms with Crippen LogP contribution in [0.1, 0.15) is 36.8 Å². The molecule has 3 nitrogen and oxygen atoms in total. The number of rotatable bonds is 2. The second kappa shape index (κ2) is 7.12. The van der Waals surface area contributed by atoms with Gasteiger partial charge in [-0.2, -0.15) is 0 Å². The molecule has 1 spiro atoms. The van der Waals surface area contributed by atoms with Crippen molar-refractivity contribution in [3.8, 4) is 0 Å². The molecule has 0 radical (unpaired) electrons. The van der Waals surface area contributed by atoms with Gasteiger partial charge in [-0.05, 0) is 61.6 Å². The first kappa shape index (κ1) is 18.1. The second-order valence-electron chi connectivity index (χ2n) is 8.28. The average molecular weight is 384 g/mol. The molecule has 2 aromatic rings. The first-order valence-electron chi connectivity index (χ1n) is 10.3. The van der Waals surface area contributed by atoms with Gasteiger partial charge in [0.2, 0.25) is 0 Å². The zero-order valence-electron chi connectivity index (χ0n) is 16.0. The Morgan fingerprint density at radius 1 is 0.893 bits per heavy atom. The van der Waals surface area contributed by atoms with E-state index in [0.717, 1.165) is 68.7 Å². The zero-order chi connectivity index (χ0) is 19.1. The Bertz CT molecular complexity index is 838. The third-order valence-corrected chi connectivity index (χ3v) is 6.89. The lowest BCUT2D eigenvalue weighted by Crippen LogP contribution is -2.52. The van der Waals surface area contributed by atoms with Crippen molar-refractivity contribution < 1.29 is 13.5 Å². The van der Waals surface area contributed by atoms with E-state index in [1.165, 1.54) is 18.2 Å². The fourth-order valence-electron chi connectivity index (χ4n) is 5.27. The molecule has 0 atom stereocenters. The topological polar surface area (TPSA) is 15.7 Å². The van der Waals surface area contributed by atoms with Crippen molar-refractivity contribution in [1.29, 1.82) is 0 Å². The number of halogens is 2. The third kappa shape index (κ3) is 3.11. The Kier molecular flexibility index (Phi) is 4.60. The highest BCUT2D eigenvalue weighted by molar-refractivity contribution is 5.46. The summed E-state index contributed by atoms with van der Waals surface area (Å²) in [4.78, 5) is 4.92. The molecule has 0 aromatic heterocycles. The molecule has 1 saturated heterocycles. The summed E-state index contributed by atoms with van der Waals surface area (Å²) in [5.74, 6) is -0.317. The number of piperazine rings is 1. The van der Waals surface area contributed by atoms with Crippen molar-refractivity contribution in [3.63, 3.8) is 0 Å². The fraction of sp³-hybridized carbons (Fsp3) is 0.478. The van der Waals surface area contributed by atoms with E-state index < -0.39 is 0 Å². The van der Waals surface area contributed by atoms with E-state index in [1.54, 1.807) is 0 Å². The molecule has 2 heterocycles. The minimum absolute atomic E-state index is 0.131. The fourth-order valence-corrected chi connectivity index (χ4v) is 5.27. The number of hydrogen-bond donors (Lipinski definition) is 0. The number of fused-ring (bicyclic) bond motifs is 2. The van der Waals surface area contributed by atoms with E-state index in [2.05, 4.69) is 9.80 Å². The number of ether oxygens (including phenoxy) is 1. The summed E-state index contributed by atoms with van der Waals surface area (Å²) in [5, 5.41) is 0. The highest BCUT2D eigenvalue weighted by Crippen LogP contribution is 2.48. The maximum absolute atomic E-state index is 14.1. The molecule has 0 bridgehead atoms. The summed E-state index contributed by atoms with van der Waals surface area (Å²) in [6, 6.07) is 12.8. The molecule has 2 aliphatic heterocycles. The van der Waals surface area contributed by atoms with Gasteiger partial charge in [-0.15, -0.1) is 0 Å². The normalized spacial score (nSPS) is 27.9. The summed E-state index contributed by atoms with van der Waals surface area (Å²) in [6.45, 7) is 4.40. The van der Waals surface area contributed by atoms with Crippen LogP contribution >= 0.6 is 0 Å². The maximum Gasteiger partial charge on any atom is 0.129 e. The molecule has 148 valence electrons. The first-order valence-corrected chi connectivity index (χ1v) is 10.3. The second-order valence-corrected chi connectivity index (χ2v) is 8.28. The van der Waals surface area contributed by atoms with Crippen LogP contribution < -0.4 is 4.90 Å². The minimum Gasteiger partial charge on any atom is -0.369 e.